The van der Waals surface area contributed by atoms with Gasteiger partial charge in [0.15, 0.2) is 0 Å². The Morgan fingerprint density at radius 3 is 1.87 bits per heavy atom. The fourth-order valence-corrected chi connectivity index (χ4v) is 1.08. The van der Waals surface area contributed by atoms with Gasteiger partial charge in [-0.2, -0.15) is 13.2 Å². The van der Waals surface area contributed by atoms with Gasteiger partial charge < -0.3 is 5.11 Å². The van der Waals surface area contributed by atoms with Crippen molar-refractivity contribution in [2.45, 2.75) is 11.8 Å². The van der Waals surface area contributed by atoms with E-state index < -0.39 is 23.4 Å². The molecule has 0 fully saturated rings. The van der Waals surface area contributed by atoms with Crippen molar-refractivity contribution < 1.29 is 27.5 Å². The number of carbonyl (C=O) groups is 1. The van der Waals surface area contributed by atoms with Crippen molar-refractivity contribution in [1.82, 2.24) is 0 Å². The van der Waals surface area contributed by atoms with E-state index in [0.29, 0.717) is 0 Å². The van der Waals surface area contributed by atoms with Crippen molar-refractivity contribution in [2.75, 3.05) is 0 Å². The van der Waals surface area contributed by atoms with Crippen molar-refractivity contribution in [3.8, 4) is 0 Å². The molecular weight excluding hydrogens is 216 g/mol. The van der Waals surface area contributed by atoms with Crippen LogP contribution in [0, 0.1) is 0 Å². The number of benzene rings is 1. The number of aliphatic carboxylic acids is 1. The fraction of sp³-hybridized carbons (Fsp3) is 0.222. The van der Waals surface area contributed by atoms with Crippen LogP contribution in [0.3, 0.4) is 0 Å². The molecule has 0 aliphatic carbocycles. The molecule has 6 heteroatoms. The highest BCUT2D eigenvalue weighted by Crippen LogP contribution is 2.42. The summed E-state index contributed by atoms with van der Waals surface area (Å²) in [6.45, 7) is 0. The summed E-state index contributed by atoms with van der Waals surface area (Å²) >= 11 is 0. The highest BCUT2D eigenvalue weighted by Gasteiger charge is 2.63. The van der Waals surface area contributed by atoms with Crippen LogP contribution < -0.4 is 0 Å². The van der Waals surface area contributed by atoms with E-state index in [-0.39, 0.29) is 0 Å². The van der Waals surface area contributed by atoms with Gasteiger partial charge in [0.25, 0.3) is 0 Å². The largest absolute Gasteiger partial charge is 0.478 e. The first-order valence-electron chi connectivity index (χ1n) is 3.84. The molecule has 0 bridgehead atoms. The van der Waals surface area contributed by atoms with E-state index in [1.165, 1.54) is 6.07 Å². The van der Waals surface area contributed by atoms with Crippen LogP contribution in [0.15, 0.2) is 30.3 Å². The molecule has 1 aromatic rings. The van der Waals surface area contributed by atoms with Crippen LogP contribution in [-0.4, -0.2) is 17.3 Å². The third kappa shape index (κ3) is 1.79. The zero-order chi connectivity index (χ0) is 11.7. The Morgan fingerprint density at radius 2 is 1.53 bits per heavy atom. The average Bonchev–Trinajstić information content (AvgIpc) is 2.16. The second kappa shape index (κ2) is 3.52. The normalized spacial score (nSPS) is 15.7. The number of halogens is 4. The summed E-state index contributed by atoms with van der Waals surface area (Å²) in [5, 5.41) is 8.33. The SMILES string of the molecule is O=C(O)[C@@](F)(c1ccccc1)C(F)(F)F. The second-order valence-corrected chi connectivity index (χ2v) is 2.83. The molecule has 0 aromatic heterocycles. The first kappa shape index (κ1) is 11.5. The van der Waals surface area contributed by atoms with E-state index in [1.54, 1.807) is 0 Å². The number of rotatable bonds is 2. The van der Waals surface area contributed by atoms with Gasteiger partial charge in [-0.3, -0.25) is 0 Å². The van der Waals surface area contributed by atoms with Crippen LogP contribution in [0.4, 0.5) is 17.6 Å². The summed E-state index contributed by atoms with van der Waals surface area (Å²) < 4.78 is 50.3. The van der Waals surface area contributed by atoms with Gasteiger partial charge in [-0.15, -0.1) is 0 Å². The first-order valence-corrected chi connectivity index (χ1v) is 3.84. The number of carboxylic acid groups (broad SMARTS) is 1. The molecule has 0 spiro atoms. The van der Waals surface area contributed by atoms with E-state index in [1.807, 2.05) is 0 Å². The molecule has 0 saturated carbocycles. The number of hydrogen-bond acceptors (Lipinski definition) is 1. The summed E-state index contributed by atoms with van der Waals surface area (Å²) in [5.74, 6) is -2.57. The maximum atomic E-state index is 13.4. The van der Waals surface area contributed by atoms with Crippen molar-refractivity contribution in [3.05, 3.63) is 35.9 Å². The van der Waals surface area contributed by atoms with Gasteiger partial charge >= 0.3 is 17.8 Å². The Kier molecular flexibility index (Phi) is 2.70. The van der Waals surface area contributed by atoms with Gasteiger partial charge in [-0.1, -0.05) is 30.3 Å². The van der Waals surface area contributed by atoms with E-state index in [2.05, 4.69) is 0 Å². The molecule has 82 valence electrons. The minimum Gasteiger partial charge on any atom is -0.478 e. The summed E-state index contributed by atoms with van der Waals surface area (Å²) in [6, 6.07) is 5.20. The van der Waals surface area contributed by atoms with E-state index in [4.69, 9.17) is 5.11 Å². The molecule has 0 radical (unpaired) electrons. The molecule has 1 rings (SSSR count). The van der Waals surface area contributed by atoms with Crippen LogP contribution in [0.5, 0.6) is 0 Å². The van der Waals surface area contributed by atoms with Gasteiger partial charge in [0.05, 0.1) is 0 Å². The lowest BCUT2D eigenvalue weighted by Gasteiger charge is -2.23. The molecule has 1 N–H and O–H groups in total. The lowest BCUT2D eigenvalue weighted by Crippen LogP contribution is -2.45. The Bertz CT molecular complexity index is 360. The van der Waals surface area contributed by atoms with E-state index in [0.717, 1.165) is 24.3 Å². The quantitative estimate of drug-likeness (QED) is 0.780. The number of hydrogen-bond donors (Lipinski definition) is 1. The zero-order valence-electron chi connectivity index (χ0n) is 7.25. The van der Waals surface area contributed by atoms with Gasteiger partial charge in [-0.05, 0) is 0 Å². The Labute approximate surface area is 82.1 Å². The predicted octanol–water partition coefficient (Wildman–Crippen LogP) is 2.50. The van der Waals surface area contributed by atoms with Crippen molar-refractivity contribution in [2.24, 2.45) is 0 Å². The summed E-state index contributed by atoms with van der Waals surface area (Å²) in [6.07, 6.45) is -5.49. The summed E-state index contributed by atoms with van der Waals surface area (Å²) in [7, 11) is 0. The number of carboxylic acids is 1. The van der Waals surface area contributed by atoms with Gasteiger partial charge in [0.1, 0.15) is 0 Å². The van der Waals surface area contributed by atoms with Gasteiger partial charge in [0.2, 0.25) is 0 Å². The topological polar surface area (TPSA) is 37.3 Å². The third-order valence-electron chi connectivity index (χ3n) is 1.86. The van der Waals surface area contributed by atoms with Gasteiger partial charge in [0, 0.05) is 5.56 Å². The minimum atomic E-state index is -5.49. The molecule has 0 aliphatic heterocycles. The maximum absolute atomic E-state index is 13.4. The van der Waals surface area contributed by atoms with Crippen molar-refractivity contribution >= 4 is 5.97 Å². The lowest BCUT2D eigenvalue weighted by molar-refractivity contribution is -0.240. The van der Waals surface area contributed by atoms with Crippen LogP contribution in [0.2, 0.25) is 0 Å². The molecule has 0 amide bonds. The molecular formula is C9H6F4O2. The number of alkyl halides is 4. The van der Waals surface area contributed by atoms with Gasteiger partial charge in [-0.25, -0.2) is 9.18 Å². The summed E-state index contributed by atoms with van der Waals surface area (Å²) in [4.78, 5) is 10.4. The first-order chi connectivity index (χ1) is 6.80. The van der Waals surface area contributed by atoms with Crippen LogP contribution in [0.1, 0.15) is 5.56 Å². The zero-order valence-corrected chi connectivity index (χ0v) is 7.25. The third-order valence-corrected chi connectivity index (χ3v) is 1.86. The van der Waals surface area contributed by atoms with Crippen molar-refractivity contribution in [1.29, 1.82) is 0 Å². The van der Waals surface area contributed by atoms with Crippen LogP contribution in [-0.2, 0) is 10.5 Å². The monoisotopic (exact) mass is 222 g/mol. The van der Waals surface area contributed by atoms with E-state index in [9.17, 15) is 22.4 Å². The van der Waals surface area contributed by atoms with Crippen molar-refractivity contribution in [3.63, 3.8) is 0 Å². The predicted molar refractivity (Wildman–Crippen MR) is 42.9 cm³/mol. The average molecular weight is 222 g/mol. The molecule has 0 unspecified atom stereocenters. The minimum absolute atomic E-state index is 0.779. The Hall–Kier alpha value is -1.59. The standard InChI is InChI=1S/C9H6F4O2/c10-8(7(14)15,9(11,12)13)6-4-2-1-3-5-6/h1-5H,(H,14,15)/t8-/m0/s1. The summed E-state index contributed by atoms with van der Waals surface area (Å²) in [5.41, 5.74) is -5.29. The van der Waals surface area contributed by atoms with Crippen LogP contribution in [0.25, 0.3) is 0 Å². The molecule has 2 nitrogen and oxygen atoms in total. The maximum Gasteiger partial charge on any atom is 0.437 e. The highest BCUT2D eigenvalue weighted by molar-refractivity contribution is 5.80. The Morgan fingerprint density at radius 1 is 1.07 bits per heavy atom. The lowest BCUT2D eigenvalue weighted by atomic mass is 9.95. The molecule has 0 aliphatic rings. The molecule has 1 aromatic carbocycles. The van der Waals surface area contributed by atoms with Crippen LogP contribution >= 0.6 is 0 Å². The molecule has 0 heterocycles. The second-order valence-electron chi connectivity index (χ2n) is 2.83. The molecule has 15 heavy (non-hydrogen) atoms. The smallest absolute Gasteiger partial charge is 0.437 e. The molecule has 1 atom stereocenters. The van der Waals surface area contributed by atoms with E-state index >= 15 is 0 Å². The molecule has 0 saturated heterocycles. The highest BCUT2D eigenvalue weighted by atomic mass is 19.4. The Balaban J connectivity index is 3.32. The fourth-order valence-electron chi connectivity index (χ4n) is 1.08.